The zero-order valence-corrected chi connectivity index (χ0v) is 19.9. The fourth-order valence-corrected chi connectivity index (χ4v) is 6.57. The SMILES string of the molecule is CC1CCCN1Cc1cc(O)c2c(c1Cl)C[C@H]1C[C@H]3CC(=O)C(C(N)=O)=C(O)[C@@]3(O)C(=O)C1=C2O. The molecule has 10 heteroatoms. The number of ketones is 2. The second-order valence-electron chi connectivity index (χ2n) is 10.1. The number of phenols is 1. The Morgan fingerprint density at radius 1 is 1.26 bits per heavy atom. The van der Waals surface area contributed by atoms with Gasteiger partial charge in [0.15, 0.2) is 11.4 Å². The van der Waals surface area contributed by atoms with Crippen LogP contribution >= 0.6 is 11.6 Å². The molecule has 6 N–H and O–H groups in total. The Balaban J connectivity index is 1.61. The van der Waals surface area contributed by atoms with Crippen LogP contribution in [0.3, 0.4) is 0 Å². The van der Waals surface area contributed by atoms with Crippen LogP contribution in [0.4, 0.5) is 0 Å². The van der Waals surface area contributed by atoms with E-state index < -0.39 is 52.0 Å². The second kappa shape index (κ2) is 8.08. The van der Waals surface area contributed by atoms with Gasteiger partial charge in [0.2, 0.25) is 5.78 Å². The number of carbonyl (C=O) groups excluding carboxylic acids is 3. The number of likely N-dealkylation sites (tertiary alicyclic amines) is 1. The molecule has 4 aliphatic rings. The number of primary amides is 1. The summed E-state index contributed by atoms with van der Waals surface area (Å²) in [6.45, 7) is 3.58. The molecule has 1 aromatic carbocycles. The zero-order valence-electron chi connectivity index (χ0n) is 19.2. The highest BCUT2D eigenvalue weighted by molar-refractivity contribution is 6.32. The normalized spacial score (nSPS) is 30.9. The Morgan fingerprint density at radius 3 is 2.60 bits per heavy atom. The van der Waals surface area contributed by atoms with Gasteiger partial charge in [-0.25, -0.2) is 0 Å². The summed E-state index contributed by atoms with van der Waals surface area (Å²) >= 11 is 6.76. The third-order valence-corrected chi connectivity index (χ3v) is 8.61. The van der Waals surface area contributed by atoms with Crippen LogP contribution < -0.4 is 5.73 Å². The van der Waals surface area contributed by atoms with Gasteiger partial charge in [0, 0.05) is 35.5 Å². The van der Waals surface area contributed by atoms with E-state index in [9.17, 15) is 34.8 Å². The van der Waals surface area contributed by atoms with Gasteiger partial charge in [0.25, 0.3) is 5.91 Å². The number of aromatic hydroxyl groups is 1. The predicted molar refractivity (Wildman–Crippen MR) is 126 cm³/mol. The van der Waals surface area contributed by atoms with Crippen molar-refractivity contribution in [1.29, 1.82) is 0 Å². The van der Waals surface area contributed by atoms with E-state index in [2.05, 4.69) is 11.8 Å². The molecule has 1 unspecified atom stereocenters. The molecule has 186 valence electrons. The van der Waals surface area contributed by atoms with Gasteiger partial charge in [0.05, 0.1) is 5.56 Å². The van der Waals surface area contributed by atoms with Crippen molar-refractivity contribution < 1.29 is 34.8 Å². The summed E-state index contributed by atoms with van der Waals surface area (Å²) in [6.07, 6.45) is 2.08. The van der Waals surface area contributed by atoms with Crippen LogP contribution in [0.5, 0.6) is 5.75 Å². The van der Waals surface area contributed by atoms with Gasteiger partial charge in [-0.15, -0.1) is 0 Å². The zero-order chi connectivity index (χ0) is 25.4. The van der Waals surface area contributed by atoms with Crippen molar-refractivity contribution in [3.8, 4) is 5.75 Å². The number of hydrogen-bond acceptors (Lipinski definition) is 8. The number of Topliss-reactive ketones (excluding diaryl/α,β-unsaturated/α-hetero) is 2. The highest BCUT2D eigenvalue weighted by atomic mass is 35.5. The maximum Gasteiger partial charge on any atom is 0.255 e. The van der Waals surface area contributed by atoms with E-state index in [4.69, 9.17) is 17.3 Å². The number of nitrogens with two attached hydrogens (primary N) is 1. The molecule has 1 amide bonds. The Labute approximate surface area is 206 Å². The summed E-state index contributed by atoms with van der Waals surface area (Å²) in [5, 5.41) is 44.2. The fraction of sp³-hybridized carbons (Fsp3) is 0.480. The quantitative estimate of drug-likeness (QED) is 0.392. The lowest BCUT2D eigenvalue weighted by molar-refractivity contribution is -0.147. The van der Waals surface area contributed by atoms with Gasteiger partial charge < -0.3 is 26.2 Å². The number of hydrogen-bond donors (Lipinski definition) is 5. The monoisotopic (exact) mass is 502 g/mol. The molecule has 0 radical (unpaired) electrons. The topological polar surface area (TPSA) is 161 Å². The molecule has 0 spiro atoms. The van der Waals surface area contributed by atoms with E-state index in [0.717, 1.165) is 19.4 Å². The van der Waals surface area contributed by atoms with Crippen molar-refractivity contribution in [2.24, 2.45) is 17.6 Å². The fourth-order valence-electron chi connectivity index (χ4n) is 6.29. The van der Waals surface area contributed by atoms with E-state index in [1.165, 1.54) is 6.07 Å². The maximum atomic E-state index is 13.5. The molecule has 0 aromatic heterocycles. The number of nitrogens with zero attached hydrogens (tertiary/aromatic N) is 1. The molecular weight excluding hydrogens is 476 g/mol. The average molecular weight is 503 g/mol. The standard InChI is InChI=1S/C25H27ClN2O7/c1-10-3-2-4-28(10)9-12-7-15(29)18-14(20(12)26)6-11-5-13-8-16(30)19(24(27)34)23(33)25(13,35)22(32)17(11)21(18)31/h7,10-11,13,29,31,33,35H,2-6,8-9H2,1H3,(H2,27,34)/t10?,11-,13+,25+/m1/s1. The molecule has 35 heavy (non-hydrogen) atoms. The third kappa shape index (κ3) is 3.32. The Morgan fingerprint density at radius 2 is 1.97 bits per heavy atom. The summed E-state index contributed by atoms with van der Waals surface area (Å²) < 4.78 is 0. The number of amides is 1. The van der Waals surface area contributed by atoms with Crippen LogP contribution in [0.1, 0.15) is 49.3 Å². The van der Waals surface area contributed by atoms with E-state index in [-0.39, 0.29) is 36.1 Å². The van der Waals surface area contributed by atoms with Crippen LogP contribution in [-0.4, -0.2) is 61.0 Å². The molecule has 1 saturated carbocycles. The van der Waals surface area contributed by atoms with Crippen LogP contribution in [-0.2, 0) is 27.3 Å². The van der Waals surface area contributed by atoms with Crippen LogP contribution in [0.15, 0.2) is 23.0 Å². The molecular formula is C25H27ClN2O7. The highest BCUT2D eigenvalue weighted by Gasteiger charge is 2.60. The first kappa shape index (κ1) is 23.8. The van der Waals surface area contributed by atoms with E-state index >= 15 is 0 Å². The van der Waals surface area contributed by atoms with Crippen molar-refractivity contribution in [2.75, 3.05) is 6.54 Å². The van der Waals surface area contributed by atoms with Crippen molar-refractivity contribution >= 4 is 34.8 Å². The van der Waals surface area contributed by atoms with Gasteiger partial charge >= 0.3 is 0 Å². The van der Waals surface area contributed by atoms with Gasteiger partial charge in [-0.05, 0) is 62.3 Å². The largest absolute Gasteiger partial charge is 0.508 e. The van der Waals surface area contributed by atoms with Crippen molar-refractivity contribution in [1.82, 2.24) is 4.90 Å². The molecule has 3 aliphatic carbocycles. The lowest BCUT2D eigenvalue weighted by Gasteiger charge is -2.46. The van der Waals surface area contributed by atoms with Crippen molar-refractivity contribution in [2.45, 2.75) is 57.2 Å². The van der Waals surface area contributed by atoms with Gasteiger partial charge in [-0.3, -0.25) is 19.3 Å². The van der Waals surface area contributed by atoms with Crippen LogP contribution in [0, 0.1) is 11.8 Å². The number of fused-ring (bicyclic) bond motifs is 3. The van der Waals surface area contributed by atoms with Crippen LogP contribution in [0.25, 0.3) is 5.76 Å². The lowest BCUT2D eigenvalue weighted by atomic mass is 9.59. The number of carbonyl (C=O) groups is 3. The minimum atomic E-state index is -2.57. The molecule has 5 rings (SSSR count). The summed E-state index contributed by atoms with van der Waals surface area (Å²) in [5.74, 6) is -6.47. The van der Waals surface area contributed by atoms with Crippen molar-refractivity contribution in [3.63, 3.8) is 0 Å². The van der Waals surface area contributed by atoms with Gasteiger partial charge in [-0.1, -0.05) is 11.6 Å². The molecule has 1 saturated heterocycles. The molecule has 1 aliphatic heterocycles. The first-order chi connectivity index (χ1) is 16.5. The maximum absolute atomic E-state index is 13.5. The Hall–Kier alpha value is -2.88. The summed E-state index contributed by atoms with van der Waals surface area (Å²) in [5.41, 5.74) is 2.88. The van der Waals surface area contributed by atoms with E-state index in [1.54, 1.807) is 0 Å². The van der Waals surface area contributed by atoms with Crippen LogP contribution in [0.2, 0.25) is 5.02 Å². The molecule has 1 heterocycles. The Bertz CT molecular complexity index is 1250. The predicted octanol–water partition coefficient (Wildman–Crippen LogP) is 2.06. The van der Waals surface area contributed by atoms with E-state index in [0.29, 0.717) is 28.7 Å². The van der Waals surface area contributed by atoms with Crippen molar-refractivity contribution in [3.05, 3.63) is 44.7 Å². The Kier molecular flexibility index (Phi) is 5.50. The van der Waals surface area contributed by atoms with E-state index in [1.807, 2.05) is 0 Å². The first-order valence-corrected chi connectivity index (χ1v) is 12.1. The second-order valence-corrected chi connectivity index (χ2v) is 10.5. The third-order valence-electron chi connectivity index (χ3n) is 8.14. The number of aliphatic hydroxyl groups excluding tert-OH is 2. The summed E-state index contributed by atoms with van der Waals surface area (Å²) in [4.78, 5) is 39.9. The van der Waals surface area contributed by atoms with Gasteiger partial charge in [-0.2, -0.15) is 0 Å². The molecule has 9 nitrogen and oxygen atoms in total. The molecule has 1 aromatic rings. The summed E-state index contributed by atoms with van der Waals surface area (Å²) in [7, 11) is 0. The molecule has 4 atom stereocenters. The molecule has 2 fully saturated rings. The summed E-state index contributed by atoms with van der Waals surface area (Å²) in [6, 6.07) is 1.86. The molecule has 0 bridgehead atoms. The lowest BCUT2D eigenvalue weighted by Crippen LogP contribution is -2.58. The average Bonchev–Trinajstić information content (AvgIpc) is 3.18. The highest BCUT2D eigenvalue weighted by Crippen LogP contribution is 2.53. The number of phenolic OH excluding ortho intramolecular Hbond substituents is 1. The number of halogens is 1. The minimum Gasteiger partial charge on any atom is -0.508 e. The minimum absolute atomic E-state index is 0.0142. The number of aliphatic hydroxyl groups is 3. The first-order valence-electron chi connectivity index (χ1n) is 11.7. The van der Waals surface area contributed by atoms with Gasteiger partial charge in [0.1, 0.15) is 22.8 Å². The number of rotatable bonds is 3. The number of benzene rings is 1. The smallest absolute Gasteiger partial charge is 0.255 e.